The van der Waals surface area contributed by atoms with Crippen molar-refractivity contribution in [1.29, 1.82) is 0 Å². The minimum absolute atomic E-state index is 0.579. The molecule has 0 bridgehead atoms. The van der Waals surface area contributed by atoms with Crippen molar-refractivity contribution >= 4 is 22.5 Å². The molecular weight excluding hydrogens is 244 g/mol. The summed E-state index contributed by atoms with van der Waals surface area (Å²) in [4.78, 5) is 0. The second kappa shape index (κ2) is 5.77. The Morgan fingerprint density at radius 1 is 1.33 bits per heavy atom. The number of benzene rings is 1. The summed E-state index contributed by atoms with van der Waals surface area (Å²) in [5.41, 5.74) is 8.20. The maximum Gasteiger partial charge on any atom is 0.0498 e. The number of nitrogens with zero attached hydrogens (tertiary/aromatic N) is 1. The van der Waals surface area contributed by atoms with Crippen LogP contribution in [0.5, 0.6) is 0 Å². The summed E-state index contributed by atoms with van der Waals surface area (Å²) in [5, 5.41) is 2.01. The molecule has 18 heavy (non-hydrogen) atoms. The SMILES string of the molecule is CC(C)CCCn1cc(CN)c2ccc(Cl)cc21. The minimum atomic E-state index is 0.579. The highest BCUT2D eigenvalue weighted by atomic mass is 35.5. The van der Waals surface area contributed by atoms with E-state index in [-0.39, 0.29) is 0 Å². The first kappa shape index (κ1) is 13.4. The highest BCUT2D eigenvalue weighted by Gasteiger charge is 2.08. The predicted molar refractivity (Wildman–Crippen MR) is 78.9 cm³/mol. The van der Waals surface area contributed by atoms with Crippen molar-refractivity contribution in [2.45, 2.75) is 39.8 Å². The molecule has 0 aliphatic rings. The van der Waals surface area contributed by atoms with Gasteiger partial charge in [0.05, 0.1) is 0 Å². The molecule has 0 saturated heterocycles. The first-order valence-electron chi connectivity index (χ1n) is 6.59. The molecule has 98 valence electrons. The molecular formula is C15H21ClN2. The number of rotatable bonds is 5. The van der Waals surface area contributed by atoms with Crippen molar-refractivity contribution in [2.24, 2.45) is 11.7 Å². The van der Waals surface area contributed by atoms with Gasteiger partial charge in [-0.3, -0.25) is 0 Å². The van der Waals surface area contributed by atoms with Crippen molar-refractivity contribution in [3.8, 4) is 0 Å². The fourth-order valence-electron chi connectivity index (χ4n) is 2.36. The Morgan fingerprint density at radius 3 is 2.78 bits per heavy atom. The fraction of sp³-hybridized carbons (Fsp3) is 0.467. The smallest absolute Gasteiger partial charge is 0.0498 e. The lowest BCUT2D eigenvalue weighted by Crippen LogP contribution is -1.99. The number of aryl methyl sites for hydroxylation is 1. The zero-order chi connectivity index (χ0) is 13.1. The van der Waals surface area contributed by atoms with Gasteiger partial charge in [0.15, 0.2) is 0 Å². The maximum atomic E-state index is 6.08. The van der Waals surface area contributed by atoms with Crippen LogP contribution in [0.1, 0.15) is 32.3 Å². The standard InChI is InChI=1S/C15H21ClN2/c1-11(2)4-3-7-18-10-12(9-17)14-6-5-13(16)8-15(14)18/h5-6,8,10-11H,3-4,7,9,17H2,1-2H3. The number of fused-ring (bicyclic) bond motifs is 1. The predicted octanol–water partition coefficient (Wildman–Crippen LogP) is 4.19. The topological polar surface area (TPSA) is 30.9 Å². The molecule has 1 aromatic heterocycles. The van der Waals surface area contributed by atoms with E-state index in [0.29, 0.717) is 6.54 Å². The van der Waals surface area contributed by atoms with Crippen LogP contribution in [0.2, 0.25) is 5.02 Å². The molecule has 1 aromatic carbocycles. The molecule has 2 nitrogen and oxygen atoms in total. The molecule has 0 aliphatic carbocycles. The van der Waals surface area contributed by atoms with Gasteiger partial charge in [-0.15, -0.1) is 0 Å². The van der Waals surface area contributed by atoms with Crippen LogP contribution in [0.4, 0.5) is 0 Å². The lowest BCUT2D eigenvalue weighted by atomic mass is 10.1. The van der Waals surface area contributed by atoms with Crippen LogP contribution in [0, 0.1) is 5.92 Å². The molecule has 0 amide bonds. The average Bonchev–Trinajstić information content (AvgIpc) is 2.66. The Hall–Kier alpha value is -0.990. The van der Waals surface area contributed by atoms with Crippen molar-refractivity contribution in [3.63, 3.8) is 0 Å². The van der Waals surface area contributed by atoms with E-state index >= 15 is 0 Å². The van der Waals surface area contributed by atoms with Gasteiger partial charge in [-0.05, 0) is 36.5 Å². The summed E-state index contributed by atoms with van der Waals surface area (Å²) in [6, 6.07) is 6.03. The summed E-state index contributed by atoms with van der Waals surface area (Å²) in [5.74, 6) is 0.754. The van der Waals surface area contributed by atoms with E-state index < -0.39 is 0 Å². The summed E-state index contributed by atoms with van der Waals surface area (Å²) < 4.78 is 2.28. The van der Waals surface area contributed by atoms with Gasteiger partial charge in [0.2, 0.25) is 0 Å². The van der Waals surface area contributed by atoms with Gasteiger partial charge in [0.25, 0.3) is 0 Å². The third-order valence-corrected chi connectivity index (χ3v) is 3.56. The van der Waals surface area contributed by atoms with Gasteiger partial charge in [-0.1, -0.05) is 31.5 Å². The fourth-order valence-corrected chi connectivity index (χ4v) is 2.53. The van der Waals surface area contributed by atoms with Crippen LogP contribution < -0.4 is 5.73 Å². The van der Waals surface area contributed by atoms with Gasteiger partial charge < -0.3 is 10.3 Å². The average molecular weight is 265 g/mol. The molecule has 0 saturated carbocycles. The van der Waals surface area contributed by atoms with Crippen LogP contribution >= 0.6 is 11.6 Å². The second-order valence-electron chi connectivity index (χ2n) is 5.25. The van der Waals surface area contributed by atoms with Crippen molar-refractivity contribution in [1.82, 2.24) is 4.57 Å². The Bertz CT molecular complexity index is 529. The highest BCUT2D eigenvalue weighted by molar-refractivity contribution is 6.31. The number of hydrogen-bond donors (Lipinski definition) is 1. The van der Waals surface area contributed by atoms with E-state index in [4.69, 9.17) is 17.3 Å². The lowest BCUT2D eigenvalue weighted by Gasteiger charge is -2.07. The summed E-state index contributed by atoms with van der Waals surface area (Å²) in [6.07, 6.45) is 4.61. The molecule has 0 fully saturated rings. The number of nitrogens with two attached hydrogens (primary N) is 1. The monoisotopic (exact) mass is 264 g/mol. The van der Waals surface area contributed by atoms with Gasteiger partial charge >= 0.3 is 0 Å². The van der Waals surface area contributed by atoms with E-state index in [1.54, 1.807) is 0 Å². The van der Waals surface area contributed by atoms with Gasteiger partial charge in [-0.25, -0.2) is 0 Å². The second-order valence-corrected chi connectivity index (χ2v) is 5.69. The maximum absolute atomic E-state index is 6.08. The molecule has 0 unspecified atom stereocenters. The van der Waals surface area contributed by atoms with Gasteiger partial charge in [-0.2, -0.15) is 0 Å². The van der Waals surface area contributed by atoms with E-state index in [9.17, 15) is 0 Å². The highest BCUT2D eigenvalue weighted by Crippen LogP contribution is 2.25. The first-order chi connectivity index (χ1) is 8.61. The summed E-state index contributed by atoms with van der Waals surface area (Å²) >= 11 is 6.08. The molecule has 2 rings (SSSR count). The largest absolute Gasteiger partial charge is 0.347 e. The van der Waals surface area contributed by atoms with E-state index in [1.165, 1.54) is 29.3 Å². The molecule has 0 aliphatic heterocycles. The van der Waals surface area contributed by atoms with Crippen LogP contribution in [0.25, 0.3) is 10.9 Å². The van der Waals surface area contributed by atoms with Gasteiger partial charge in [0, 0.05) is 35.2 Å². The van der Waals surface area contributed by atoms with E-state index in [2.05, 4.69) is 30.7 Å². The molecule has 0 atom stereocenters. The molecule has 0 spiro atoms. The third kappa shape index (κ3) is 2.88. The lowest BCUT2D eigenvalue weighted by molar-refractivity contribution is 0.517. The van der Waals surface area contributed by atoms with Crippen LogP contribution in [0.3, 0.4) is 0 Å². The van der Waals surface area contributed by atoms with Crippen LogP contribution in [0.15, 0.2) is 24.4 Å². The molecule has 0 radical (unpaired) electrons. The van der Waals surface area contributed by atoms with Crippen molar-refractivity contribution in [3.05, 3.63) is 35.0 Å². The minimum Gasteiger partial charge on any atom is -0.347 e. The van der Waals surface area contributed by atoms with Crippen molar-refractivity contribution < 1.29 is 0 Å². The third-order valence-electron chi connectivity index (χ3n) is 3.33. The Balaban J connectivity index is 2.28. The Kier molecular flexibility index (Phi) is 4.31. The number of hydrogen-bond acceptors (Lipinski definition) is 1. The number of halogens is 1. The van der Waals surface area contributed by atoms with Crippen LogP contribution in [-0.4, -0.2) is 4.57 Å². The van der Waals surface area contributed by atoms with Crippen LogP contribution in [-0.2, 0) is 13.1 Å². The number of aromatic nitrogens is 1. The zero-order valence-electron chi connectivity index (χ0n) is 11.1. The van der Waals surface area contributed by atoms with Crippen molar-refractivity contribution in [2.75, 3.05) is 0 Å². The summed E-state index contributed by atoms with van der Waals surface area (Å²) in [7, 11) is 0. The quantitative estimate of drug-likeness (QED) is 0.863. The van der Waals surface area contributed by atoms with E-state index in [0.717, 1.165) is 17.5 Å². The molecule has 2 aromatic rings. The molecule has 3 heteroatoms. The first-order valence-corrected chi connectivity index (χ1v) is 6.97. The zero-order valence-corrected chi connectivity index (χ0v) is 11.9. The normalized spacial score (nSPS) is 11.6. The molecule has 1 heterocycles. The Morgan fingerprint density at radius 2 is 2.11 bits per heavy atom. The molecule has 2 N–H and O–H groups in total. The van der Waals surface area contributed by atoms with E-state index in [1.807, 2.05) is 12.1 Å². The summed E-state index contributed by atoms with van der Waals surface area (Å²) in [6.45, 7) is 6.14. The van der Waals surface area contributed by atoms with Gasteiger partial charge in [0.1, 0.15) is 0 Å². The Labute approximate surface area is 114 Å².